The fourth-order valence-electron chi connectivity index (χ4n) is 1.59. The van der Waals surface area contributed by atoms with Crippen LogP contribution < -0.4 is 10.1 Å². The predicted molar refractivity (Wildman–Crippen MR) is 80.1 cm³/mol. The van der Waals surface area contributed by atoms with Crippen molar-refractivity contribution < 1.29 is 13.9 Å². The maximum atomic E-state index is 13.6. The number of ether oxygens (including phenoxy) is 1. The number of benzene rings is 2. The highest BCUT2D eigenvalue weighted by atomic mass is 79.9. The Morgan fingerprint density at radius 2 is 2.05 bits per heavy atom. The van der Waals surface area contributed by atoms with Crippen molar-refractivity contribution in [2.24, 2.45) is 0 Å². The first kappa shape index (κ1) is 14.8. The minimum absolute atomic E-state index is 0.0520. The third kappa shape index (κ3) is 3.29. The number of hydrogen-bond acceptors (Lipinski definition) is 2. The number of carbonyl (C=O) groups is 1. The van der Waals surface area contributed by atoms with Crippen molar-refractivity contribution in [3.8, 4) is 5.75 Å². The number of rotatable bonds is 3. The highest BCUT2D eigenvalue weighted by Gasteiger charge is 2.13. The molecule has 0 radical (unpaired) electrons. The van der Waals surface area contributed by atoms with E-state index in [2.05, 4.69) is 21.2 Å². The van der Waals surface area contributed by atoms with E-state index in [9.17, 15) is 9.18 Å². The van der Waals surface area contributed by atoms with Crippen LogP contribution in [0.3, 0.4) is 0 Å². The van der Waals surface area contributed by atoms with E-state index in [0.717, 1.165) is 0 Å². The molecule has 1 amide bonds. The van der Waals surface area contributed by atoms with Gasteiger partial charge in [0, 0.05) is 15.6 Å². The van der Waals surface area contributed by atoms with Crippen LogP contribution in [0, 0.1) is 5.82 Å². The van der Waals surface area contributed by atoms with Crippen molar-refractivity contribution in [3.05, 3.63) is 57.3 Å². The maximum Gasteiger partial charge on any atom is 0.256 e. The Morgan fingerprint density at radius 1 is 1.30 bits per heavy atom. The third-order valence-corrected chi connectivity index (χ3v) is 3.49. The summed E-state index contributed by atoms with van der Waals surface area (Å²) in [7, 11) is 1.47. The van der Waals surface area contributed by atoms with Crippen molar-refractivity contribution in [2.45, 2.75) is 0 Å². The van der Waals surface area contributed by atoms with E-state index in [1.807, 2.05) is 0 Å². The summed E-state index contributed by atoms with van der Waals surface area (Å²) in [6.45, 7) is 0. The Balaban J connectivity index is 2.27. The largest absolute Gasteiger partial charge is 0.497 e. The van der Waals surface area contributed by atoms with E-state index in [4.69, 9.17) is 16.3 Å². The summed E-state index contributed by atoms with van der Waals surface area (Å²) in [5, 5.41) is 3.00. The zero-order valence-electron chi connectivity index (χ0n) is 10.4. The summed E-state index contributed by atoms with van der Waals surface area (Å²) >= 11 is 9.05. The molecule has 0 spiro atoms. The van der Waals surface area contributed by atoms with E-state index < -0.39 is 11.7 Å². The Bertz CT molecular complexity index is 664. The van der Waals surface area contributed by atoms with Gasteiger partial charge in [0.25, 0.3) is 5.91 Å². The fourth-order valence-corrected chi connectivity index (χ4v) is 2.45. The summed E-state index contributed by atoms with van der Waals surface area (Å²) in [5.41, 5.74) is 0.410. The summed E-state index contributed by atoms with van der Waals surface area (Å²) in [6.07, 6.45) is 0. The minimum Gasteiger partial charge on any atom is -0.497 e. The third-order valence-electron chi connectivity index (χ3n) is 2.60. The lowest BCUT2D eigenvalue weighted by Gasteiger charge is -2.09. The molecule has 0 saturated heterocycles. The number of methoxy groups -OCH3 is 1. The van der Waals surface area contributed by atoms with E-state index in [1.54, 1.807) is 18.2 Å². The number of amides is 1. The lowest BCUT2D eigenvalue weighted by Crippen LogP contribution is -2.13. The fraction of sp³-hybridized carbons (Fsp3) is 0.0714. The van der Waals surface area contributed by atoms with Gasteiger partial charge in [-0.1, -0.05) is 11.6 Å². The highest BCUT2D eigenvalue weighted by Crippen LogP contribution is 2.25. The van der Waals surface area contributed by atoms with Crippen LogP contribution in [0.4, 0.5) is 10.1 Å². The SMILES string of the molecule is COc1ccc(F)c(NC(=O)c2ccc(Cl)cc2Br)c1. The van der Waals surface area contributed by atoms with Crippen LogP contribution in [0.2, 0.25) is 5.02 Å². The topological polar surface area (TPSA) is 38.3 Å². The molecule has 0 fully saturated rings. The Labute approximate surface area is 128 Å². The van der Waals surface area contributed by atoms with Gasteiger partial charge in [-0.25, -0.2) is 4.39 Å². The molecule has 0 aliphatic rings. The van der Waals surface area contributed by atoms with Gasteiger partial charge in [0.15, 0.2) is 0 Å². The monoisotopic (exact) mass is 357 g/mol. The van der Waals surface area contributed by atoms with Gasteiger partial charge in [0.05, 0.1) is 18.4 Å². The molecular weight excluding hydrogens is 349 g/mol. The molecule has 0 unspecified atom stereocenters. The quantitative estimate of drug-likeness (QED) is 0.877. The van der Waals surface area contributed by atoms with Crippen LogP contribution in [0.25, 0.3) is 0 Å². The van der Waals surface area contributed by atoms with E-state index >= 15 is 0 Å². The number of anilines is 1. The second kappa shape index (κ2) is 6.24. The van der Waals surface area contributed by atoms with Gasteiger partial charge in [0.2, 0.25) is 0 Å². The molecule has 0 heterocycles. The number of hydrogen-bond donors (Lipinski definition) is 1. The average molecular weight is 359 g/mol. The van der Waals surface area contributed by atoms with Gasteiger partial charge in [-0.05, 0) is 46.3 Å². The molecule has 2 aromatic carbocycles. The van der Waals surface area contributed by atoms with Crippen LogP contribution in [0.5, 0.6) is 5.75 Å². The van der Waals surface area contributed by atoms with Crippen LogP contribution >= 0.6 is 27.5 Å². The molecule has 6 heteroatoms. The van der Waals surface area contributed by atoms with Crippen LogP contribution in [0.1, 0.15) is 10.4 Å². The maximum absolute atomic E-state index is 13.6. The molecule has 0 bridgehead atoms. The second-order valence-electron chi connectivity index (χ2n) is 3.92. The molecule has 2 aromatic rings. The van der Waals surface area contributed by atoms with E-state index in [0.29, 0.717) is 20.8 Å². The molecule has 104 valence electrons. The summed E-state index contributed by atoms with van der Waals surface area (Å²) in [5.74, 6) is -0.526. The van der Waals surface area contributed by atoms with Crippen LogP contribution in [-0.2, 0) is 0 Å². The smallest absolute Gasteiger partial charge is 0.256 e. The van der Waals surface area contributed by atoms with Gasteiger partial charge in [0.1, 0.15) is 11.6 Å². The van der Waals surface area contributed by atoms with Crippen molar-refractivity contribution in [3.63, 3.8) is 0 Å². The van der Waals surface area contributed by atoms with Gasteiger partial charge < -0.3 is 10.1 Å². The minimum atomic E-state index is -0.538. The first-order chi connectivity index (χ1) is 9.51. The number of halogens is 3. The lowest BCUT2D eigenvalue weighted by molar-refractivity contribution is 0.102. The zero-order valence-corrected chi connectivity index (χ0v) is 12.8. The van der Waals surface area contributed by atoms with Crippen molar-refractivity contribution in [1.82, 2.24) is 0 Å². The zero-order chi connectivity index (χ0) is 14.7. The summed E-state index contributed by atoms with van der Waals surface area (Å²) < 4.78 is 19.2. The standard InChI is InChI=1S/C14H10BrClFNO2/c1-20-9-3-5-12(17)13(7-9)18-14(19)10-4-2-8(16)6-11(10)15/h2-7H,1H3,(H,18,19). The van der Waals surface area contributed by atoms with Crippen molar-refractivity contribution in [1.29, 1.82) is 0 Å². The molecule has 2 rings (SSSR count). The number of nitrogens with one attached hydrogen (secondary N) is 1. The molecule has 0 aliphatic carbocycles. The van der Waals surface area contributed by atoms with Crippen molar-refractivity contribution in [2.75, 3.05) is 12.4 Å². The van der Waals surface area contributed by atoms with Gasteiger partial charge in [-0.15, -0.1) is 0 Å². The first-order valence-electron chi connectivity index (χ1n) is 5.61. The van der Waals surface area contributed by atoms with Gasteiger partial charge in [-0.3, -0.25) is 4.79 Å². The van der Waals surface area contributed by atoms with E-state index in [1.165, 1.54) is 25.3 Å². The van der Waals surface area contributed by atoms with Crippen LogP contribution in [0.15, 0.2) is 40.9 Å². The Morgan fingerprint density at radius 3 is 2.70 bits per heavy atom. The second-order valence-corrected chi connectivity index (χ2v) is 5.21. The highest BCUT2D eigenvalue weighted by molar-refractivity contribution is 9.10. The predicted octanol–water partition coefficient (Wildman–Crippen LogP) is 4.50. The molecule has 0 aliphatic heterocycles. The summed E-state index contributed by atoms with van der Waals surface area (Å²) in [6, 6.07) is 8.85. The first-order valence-corrected chi connectivity index (χ1v) is 6.78. The van der Waals surface area contributed by atoms with Gasteiger partial charge >= 0.3 is 0 Å². The average Bonchev–Trinajstić information content (AvgIpc) is 2.41. The van der Waals surface area contributed by atoms with E-state index in [-0.39, 0.29) is 5.69 Å². The number of carbonyl (C=O) groups excluding carboxylic acids is 1. The molecule has 3 nitrogen and oxygen atoms in total. The van der Waals surface area contributed by atoms with Gasteiger partial charge in [-0.2, -0.15) is 0 Å². The Kier molecular flexibility index (Phi) is 4.62. The molecular formula is C14H10BrClFNO2. The molecule has 0 atom stereocenters. The molecule has 0 aromatic heterocycles. The molecule has 20 heavy (non-hydrogen) atoms. The normalized spacial score (nSPS) is 10.2. The lowest BCUT2D eigenvalue weighted by atomic mass is 10.2. The molecule has 1 N–H and O–H groups in total. The molecule has 0 saturated carbocycles. The Hall–Kier alpha value is -1.59. The van der Waals surface area contributed by atoms with Crippen LogP contribution in [-0.4, -0.2) is 13.0 Å². The van der Waals surface area contributed by atoms with Crippen molar-refractivity contribution >= 4 is 39.1 Å². The summed E-state index contributed by atoms with van der Waals surface area (Å²) in [4.78, 5) is 12.1.